The SMILES string of the molecule is CCc1cnccc1-c1cccc(Br)c1. The van der Waals surface area contributed by atoms with E-state index in [2.05, 4.69) is 52.1 Å². The van der Waals surface area contributed by atoms with Crippen molar-refractivity contribution < 1.29 is 0 Å². The fourth-order valence-corrected chi connectivity index (χ4v) is 2.05. The van der Waals surface area contributed by atoms with Crippen molar-refractivity contribution in [2.24, 2.45) is 0 Å². The van der Waals surface area contributed by atoms with Gasteiger partial charge >= 0.3 is 0 Å². The van der Waals surface area contributed by atoms with Crippen molar-refractivity contribution >= 4 is 15.9 Å². The zero-order chi connectivity index (χ0) is 10.7. The minimum absolute atomic E-state index is 1.01. The zero-order valence-corrected chi connectivity index (χ0v) is 10.2. The number of hydrogen-bond acceptors (Lipinski definition) is 1. The lowest BCUT2D eigenvalue weighted by Gasteiger charge is -2.07. The summed E-state index contributed by atoms with van der Waals surface area (Å²) >= 11 is 3.49. The smallest absolute Gasteiger partial charge is 0.0305 e. The van der Waals surface area contributed by atoms with Gasteiger partial charge < -0.3 is 0 Å². The van der Waals surface area contributed by atoms with Gasteiger partial charge in [-0.3, -0.25) is 4.98 Å². The van der Waals surface area contributed by atoms with E-state index in [-0.39, 0.29) is 0 Å². The Morgan fingerprint density at radius 1 is 1.27 bits per heavy atom. The molecule has 2 aromatic rings. The molecule has 1 aromatic carbocycles. The summed E-state index contributed by atoms with van der Waals surface area (Å²) in [4.78, 5) is 4.15. The van der Waals surface area contributed by atoms with Crippen molar-refractivity contribution in [1.29, 1.82) is 0 Å². The van der Waals surface area contributed by atoms with Crippen LogP contribution >= 0.6 is 15.9 Å². The van der Waals surface area contributed by atoms with E-state index in [1.807, 2.05) is 18.5 Å². The highest BCUT2D eigenvalue weighted by atomic mass is 79.9. The number of halogens is 1. The van der Waals surface area contributed by atoms with Crippen LogP contribution in [0.15, 0.2) is 47.2 Å². The van der Waals surface area contributed by atoms with E-state index < -0.39 is 0 Å². The maximum Gasteiger partial charge on any atom is 0.0305 e. The van der Waals surface area contributed by atoms with E-state index in [0.717, 1.165) is 10.9 Å². The molecule has 0 spiro atoms. The monoisotopic (exact) mass is 261 g/mol. The maximum atomic E-state index is 4.15. The van der Waals surface area contributed by atoms with Gasteiger partial charge in [-0.05, 0) is 41.3 Å². The Bertz CT molecular complexity index is 466. The van der Waals surface area contributed by atoms with Crippen LogP contribution in [0, 0.1) is 0 Å². The lowest BCUT2D eigenvalue weighted by atomic mass is 10.0. The molecular formula is C13H12BrN. The van der Waals surface area contributed by atoms with Gasteiger partial charge in [-0.25, -0.2) is 0 Å². The first-order valence-corrected chi connectivity index (χ1v) is 5.79. The Labute approximate surface area is 98.3 Å². The summed E-state index contributed by atoms with van der Waals surface area (Å²) < 4.78 is 1.11. The first-order chi connectivity index (χ1) is 7.31. The molecule has 2 heteroatoms. The second-order valence-corrected chi connectivity index (χ2v) is 4.31. The maximum absolute atomic E-state index is 4.15. The molecule has 0 aliphatic carbocycles. The third-order valence-electron chi connectivity index (χ3n) is 2.42. The highest BCUT2D eigenvalue weighted by molar-refractivity contribution is 9.10. The van der Waals surface area contributed by atoms with E-state index >= 15 is 0 Å². The molecule has 0 aliphatic heterocycles. The molecule has 0 amide bonds. The van der Waals surface area contributed by atoms with Crippen LogP contribution in [0.1, 0.15) is 12.5 Å². The van der Waals surface area contributed by atoms with E-state index in [4.69, 9.17) is 0 Å². The lowest BCUT2D eigenvalue weighted by Crippen LogP contribution is -1.88. The average Bonchev–Trinajstić information content (AvgIpc) is 2.29. The van der Waals surface area contributed by atoms with Gasteiger partial charge in [0, 0.05) is 16.9 Å². The summed E-state index contributed by atoms with van der Waals surface area (Å²) in [5, 5.41) is 0. The van der Waals surface area contributed by atoms with Crippen molar-refractivity contribution in [3.8, 4) is 11.1 Å². The number of aryl methyl sites for hydroxylation is 1. The molecule has 0 bridgehead atoms. The number of aromatic nitrogens is 1. The third-order valence-corrected chi connectivity index (χ3v) is 2.91. The minimum atomic E-state index is 1.01. The summed E-state index contributed by atoms with van der Waals surface area (Å²) in [6.07, 6.45) is 4.79. The summed E-state index contributed by atoms with van der Waals surface area (Å²) in [6.45, 7) is 2.15. The van der Waals surface area contributed by atoms with Crippen LogP contribution in [0.2, 0.25) is 0 Å². The Balaban J connectivity index is 2.53. The van der Waals surface area contributed by atoms with Crippen LogP contribution in [0.25, 0.3) is 11.1 Å². The molecule has 15 heavy (non-hydrogen) atoms. The van der Waals surface area contributed by atoms with Crippen LogP contribution in [0.4, 0.5) is 0 Å². The average molecular weight is 262 g/mol. The molecule has 1 nitrogen and oxygen atoms in total. The Morgan fingerprint density at radius 2 is 2.13 bits per heavy atom. The number of rotatable bonds is 2. The van der Waals surface area contributed by atoms with Gasteiger partial charge in [-0.1, -0.05) is 35.0 Å². The van der Waals surface area contributed by atoms with Gasteiger partial charge in [0.25, 0.3) is 0 Å². The topological polar surface area (TPSA) is 12.9 Å². The summed E-state index contributed by atoms with van der Waals surface area (Å²) in [7, 11) is 0. The Morgan fingerprint density at radius 3 is 2.87 bits per heavy atom. The van der Waals surface area contributed by atoms with Crippen LogP contribution in [-0.4, -0.2) is 4.98 Å². The molecule has 2 rings (SSSR count). The van der Waals surface area contributed by atoms with E-state index in [9.17, 15) is 0 Å². The molecule has 0 radical (unpaired) electrons. The standard InChI is InChI=1S/C13H12BrN/c1-2-10-9-15-7-6-13(10)11-4-3-5-12(14)8-11/h3-9H,2H2,1H3. The molecule has 0 atom stereocenters. The second-order valence-electron chi connectivity index (χ2n) is 3.40. The largest absolute Gasteiger partial charge is 0.264 e. The van der Waals surface area contributed by atoms with Gasteiger partial charge in [-0.15, -0.1) is 0 Å². The highest BCUT2D eigenvalue weighted by Gasteiger charge is 2.03. The third kappa shape index (κ3) is 2.26. The number of pyridine rings is 1. The van der Waals surface area contributed by atoms with Crippen molar-refractivity contribution in [2.75, 3.05) is 0 Å². The van der Waals surface area contributed by atoms with Gasteiger partial charge in [0.15, 0.2) is 0 Å². The zero-order valence-electron chi connectivity index (χ0n) is 8.57. The van der Waals surface area contributed by atoms with E-state index in [1.165, 1.54) is 16.7 Å². The van der Waals surface area contributed by atoms with Crippen molar-refractivity contribution in [2.45, 2.75) is 13.3 Å². The van der Waals surface area contributed by atoms with Crippen LogP contribution in [0.3, 0.4) is 0 Å². The van der Waals surface area contributed by atoms with Gasteiger partial charge in [0.05, 0.1) is 0 Å². The lowest BCUT2D eigenvalue weighted by molar-refractivity contribution is 1.11. The van der Waals surface area contributed by atoms with Crippen LogP contribution < -0.4 is 0 Å². The Hall–Kier alpha value is -1.15. The fourth-order valence-electron chi connectivity index (χ4n) is 1.65. The number of nitrogens with zero attached hydrogens (tertiary/aromatic N) is 1. The molecule has 0 saturated heterocycles. The first-order valence-electron chi connectivity index (χ1n) is 5.00. The van der Waals surface area contributed by atoms with Crippen LogP contribution in [-0.2, 0) is 6.42 Å². The van der Waals surface area contributed by atoms with Crippen molar-refractivity contribution in [3.63, 3.8) is 0 Å². The van der Waals surface area contributed by atoms with Crippen LogP contribution in [0.5, 0.6) is 0 Å². The first kappa shape index (κ1) is 10.4. The normalized spacial score (nSPS) is 10.3. The molecule has 0 N–H and O–H groups in total. The number of hydrogen-bond donors (Lipinski definition) is 0. The molecule has 0 fully saturated rings. The molecule has 1 heterocycles. The molecular weight excluding hydrogens is 250 g/mol. The predicted molar refractivity (Wildman–Crippen MR) is 66.8 cm³/mol. The molecule has 76 valence electrons. The summed E-state index contributed by atoms with van der Waals surface area (Å²) in [5.74, 6) is 0. The molecule has 0 unspecified atom stereocenters. The highest BCUT2D eigenvalue weighted by Crippen LogP contribution is 2.25. The quantitative estimate of drug-likeness (QED) is 0.794. The summed E-state index contributed by atoms with van der Waals surface area (Å²) in [5.41, 5.74) is 3.80. The van der Waals surface area contributed by atoms with E-state index in [1.54, 1.807) is 0 Å². The minimum Gasteiger partial charge on any atom is -0.264 e. The second kappa shape index (κ2) is 4.58. The summed E-state index contributed by atoms with van der Waals surface area (Å²) in [6, 6.07) is 10.4. The van der Waals surface area contributed by atoms with Gasteiger partial charge in [-0.2, -0.15) is 0 Å². The van der Waals surface area contributed by atoms with Gasteiger partial charge in [0.2, 0.25) is 0 Å². The molecule has 0 saturated carbocycles. The van der Waals surface area contributed by atoms with Crippen molar-refractivity contribution in [3.05, 3.63) is 52.8 Å². The van der Waals surface area contributed by atoms with Crippen molar-refractivity contribution in [1.82, 2.24) is 4.98 Å². The molecule has 0 aliphatic rings. The predicted octanol–water partition coefficient (Wildman–Crippen LogP) is 4.07. The number of benzene rings is 1. The van der Waals surface area contributed by atoms with E-state index in [0.29, 0.717) is 0 Å². The molecule has 1 aromatic heterocycles. The fraction of sp³-hybridized carbons (Fsp3) is 0.154. The van der Waals surface area contributed by atoms with Gasteiger partial charge in [0.1, 0.15) is 0 Å². The Kier molecular flexibility index (Phi) is 3.17.